The highest BCUT2D eigenvalue weighted by Crippen LogP contribution is 2.31. The fraction of sp³-hybridized carbons (Fsp3) is 0.261. The normalized spacial score (nSPS) is 13.4. The number of hydrogen-bond donors (Lipinski definition) is 4. The summed E-state index contributed by atoms with van der Waals surface area (Å²) in [5.74, 6) is 1.11. The number of carbonyl (C=O) groups is 1. The van der Waals surface area contributed by atoms with Crippen molar-refractivity contribution in [1.29, 1.82) is 5.41 Å². The molecule has 160 valence electrons. The van der Waals surface area contributed by atoms with E-state index < -0.39 is 0 Å². The number of aromatic hydroxyl groups is 1. The summed E-state index contributed by atoms with van der Waals surface area (Å²) in [5.41, 5.74) is 7.43. The highest BCUT2D eigenvalue weighted by molar-refractivity contribution is 6.04. The number of rotatable bonds is 6. The van der Waals surface area contributed by atoms with E-state index in [1.54, 1.807) is 25.4 Å². The van der Waals surface area contributed by atoms with Gasteiger partial charge in [0.15, 0.2) is 0 Å². The molecule has 1 saturated heterocycles. The number of nitrogens with two attached hydrogens (primary N) is 1. The number of aromatic nitrogens is 1. The van der Waals surface area contributed by atoms with Crippen LogP contribution in [0.3, 0.4) is 0 Å². The monoisotopic (exact) mass is 419 g/mol. The topological polar surface area (TPSA) is 125 Å². The Hall–Kier alpha value is -3.81. The van der Waals surface area contributed by atoms with Gasteiger partial charge in [-0.3, -0.25) is 10.2 Å². The number of ether oxygens (including phenoxy) is 1. The molecule has 1 aliphatic rings. The Morgan fingerprint density at radius 3 is 2.71 bits per heavy atom. The number of phenols is 1. The van der Waals surface area contributed by atoms with Crippen molar-refractivity contribution in [3.8, 4) is 11.5 Å². The maximum absolute atomic E-state index is 13.0. The van der Waals surface area contributed by atoms with Crippen LogP contribution in [0.25, 0.3) is 10.8 Å². The third kappa shape index (κ3) is 4.09. The molecule has 0 unspecified atom stereocenters. The fourth-order valence-electron chi connectivity index (χ4n) is 3.94. The lowest BCUT2D eigenvalue weighted by atomic mass is 10.0. The summed E-state index contributed by atoms with van der Waals surface area (Å²) in [4.78, 5) is 19.3. The number of nitrogen functional groups attached to an aromatic ring is 1. The minimum atomic E-state index is -0.0746. The van der Waals surface area contributed by atoms with E-state index in [0.717, 1.165) is 36.7 Å². The fourth-order valence-corrected chi connectivity index (χ4v) is 3.94. The number of likely N-dealkylation sites (tertiary alicyclic amines) is 1. The van der Waals surface area contributed by atoms with E-state index in [1.807, 2.05) is 23.1 Å². The molecule has 5 N–H and O–H groups in total. The summed E-state index contributed by atoms with van der Waals surface area (Å²) in [6, 6.07) is 10.2. The number of nitrogens with one attached hydrogen (secondary N) is 2. The number of amidine groups is 1. The second-order valence-electron chi connectivity index (χ2n) is 7.54. The molecule has 4 rings (SSSR count). The van der Waals surface area contributed by atoms with Crippen LogP contribution in [-0.2, 0) is 6.54 Å². The molecule has 3 aromatic rings. The van der Waals surface area contributed by atoms with Crippen molar-refractivity contribution < 1.29 is 14.6 Å². The SMILES string of the molecule is COc1cc2c(NCc3cc(O)ccc3C(=N)N)nccc2cc1C(=O)N1CCCC1. The average molecular weight is 419 g/mol. The summed E-state index contributed by atoms with van der Waals surface area (Å²) in [5, 5.41) is 22.5. The van der Waals surface area contributed by atoms with Gasteiger partial charge in [0, 0.05) is 36.8 Å². The second kappa shape index (κ2) is 8.51. The zero-order valence-corrected chi connectivity index (χ0v) is 17.3. The number of anilines is 1. The molecule has 1 aliphatic heterocycles. The Morgan fingerprint density at radius 2 is 2.00 bits per heavy atom. The van der Waals surface area contributed by atoms with E-state index in [4.69, 9.17) is 15.9 Å². The zero-order chi connectivity index (χ0) is 22.0. The quantitative estimate of drug-likeness (QED) is 0.359. The van der Waals surface area contributed by atoms with E-state index in [-0.39, 0.29) is 17.5 Å². The van der Waals surface area contributed by atoms with Crippen LogP contribution in [0.4, 0.5) is 5.82 Å². The predicted molar refractivity (Wildman–Crippen MR) is 120 cm³/mol. The Kier molecular flexibility index (Phi) is 5.62. The van der Waals surface area contributed by atoms with E-state index in [1.165, 1.54) is 6.07 Å². The molecule has 31 heavy (non-hydrogen) atoms. The van der Waals surface area contributed by atoms with Gasteiger partial charge in [-0.15, -0.1) is 0 Å². The lowest BCUT2D eigenvalue weighted by Gasteiger charge is -2.18. The van der Waals surface area contributed by atoms with Gasteiger partial charge in [-0.25, -0.2) is 4.98 Å². The van der Waals surface area contributed by atoms with Gasteiger partial charge in [-0.05, 0) is 60.2 Å². The standard InChI is InChI=1S/C23H25N5O3/c1-31-20-12-18-14(11-19(20)23(30)28-8-2-3-9-28)6-7-26-22(18)27-13-15-10-16(29)4-5-17(15)21(24)25/h4-7,10-12,29H,2-3,8-9,13H2,1H3,(H3,24,25)(H,26,27). The van der Waals surface area contributed by atoms with Crippen LogP contribution in [0, 0.1) is 5.41 Å². The maximum atomic E-state index is 13.0. The summed E-state index contributed by atoms with van der Waals surface area (Å²) in [6.07, 6.45) is 3.73. The zero-order valence-electron chi connectivity index (χ0n) is 17.3. The van der Waals surface area contributed by atoms with Gasteiger partial charge in [0.2, 0.25) is 0 Å². The van der Waals surface area contributed by atoms with E-state index >= 15 is 0 Å². The van der Waals surface area contributed by atoms with Crippen molar-refractivity contribution >= 4 is 28.3 Å². The largest absolute Gasteiger partial charge is 0.508 e. The van der Waals surface area contributed by atoms with Crippen LogP contribution in [-0.4, -0.2) is 46.9 Å². The molecule has 0 atom stereocenters. The number of methoxy groups -OCH3 is 1. The van der Waals surface area contributed by atoms with E-state index in [0.29, 0.717) is 34.8 Å². The van der Waals surface area contributed by atoms with Crippen molar-refractivity contribution in [2.75, 3.05) is 25.5 Å². The third-order valence-electron chi connectivity index (χ3n) is 5.53. The number of nitrogens with zero attached hydrogens (tertiary/aromatic N) is 2. The van der Waals surface area contributed by atoms with Gasteiger partial charge in [-0.1, -0.05) is 0 Å². The first-order valence-corrected chi connectivity index (χ1v) is 10.1. The van der Waals surface area contributed by atoms with Crippen LogP contribution in [0.5, 0.6) is 11.5 Å². The second-order valence-corrected chi connectivity index (χ2v) is 7.54. The minimum Gasteiger partial charge on any atom is -0.508 e. The molecule has 2 aromatic carbocycles. The number of benzene rings is 2. The average Bonchev–Trinajstić information content (AvgIpc) is 3.31. The summed E-state index contributed by atoms with van der Waals surface area (Å²) in [7, 11) is 1.55. The van der Waals surface area contributed by atoms with Gasteiger partial charge in [0.1, 0.15) is 23.2 Å². The van der Waals surface area contributed by atoms with Crippen molar-refractivity contribution in [2.45, 2.75) is 19.4 Å². The van der Waals surface area contributed by atoms with Crippen molar-refractivity contribution in [2.24, 2.45) is 5.73 Å². The van der Waals surface area contributed by atoms with Crippen molar-refractivity contribution in [3.05, 3.63) is 59.3 Å². The van der Waals surface area contributed by atoms with Crippen molar-refractivity contribution in [3.63, 3.8) is 0 Å². The smallest absolute Gasteiger partial charge is 0.257 e. The summed E-state index contributed by atoms with van der Waals surface area (Å²) in [6.45, 7) is 1.85. The Bertz CT molecular complexity index is 1160. The molecule has 1 amide bonds. The molecule has 0 bridgehead atoms. The van der Waals surface area contributed by atoms with Gasteiger partial charge in [0.05, 0.1) is 12.7 Å². The van der Waals surface area contributed by atoms with E-state index in [2.05, 4.69) is 10.3 Å². The molecule has 0 aliphatic carbocycles. The predicted octanol–water partition coefficient (Wildman–Crippen LogP) is 3.08. The molecule has 1 aromatic heterocycles. The Morgan fingerprint density at radius 1 is 1.23 bits per heavy atom. The number of fused-ring (bicyclic) bond motifs is 1. The first kappa shape index (κ1) is 20.5. The van der Waals surface area contributed by atoms with Gasteiger partial charge < -0.3 is 25.8 Å². The van der Waals surface area contributed by atoms with Crippen LogP contribution < -0.4 is 15.8 Å². The minimum absolute atomic E-state index is 0.0200. The number of carbonyl (C=O) groups excluding carboxylic acids is 1. The molecule has 1 fully saturated rings. The summed E-state index contributed by atoms with van der Waals surface area (Å²) >= 11 is 0. The third-order valence-corrected chi connectivity index (χ3v) is 5.53. The molecule has 8 heteroatoms. The molecule has 2 heterocycles. The highest BCUT2D eigenvalue weighted by atomic mass is 16.5. The number of amides is 1. The number of pyridine rings is 1. The van der Waals surface area contributed by atoms with E-state index in [9.17, 15) is 9.90 Å². The molecule has 0 radical (unpaired) electrons. The molecule has 0 saturated carbocycles. The lowest BCUT2D eigenvalue weighted by molar-refractivity contribution is 0.0789. The maximum Gasteiger partial charge on any atom is 0.257 e. The van der Waals surface area contributed by atoms with Gasteiger partial charge >= 0.3 is 0 Å². The summed E-state index contributed by atoms with van der Waals surface area (Å²) < 4.78 is 5.54. The number of hydrogen-bond acceptors (Lipinski definition) is 6. The van der Waals surface area contributed by atoms with Crippen LogP contribution in [0.2, 0.25) is 0 Å². The van der Waals surface area contributed by atoms with Crippen LogP contribution in [0.1, 0.15) is 34.3 Å². The molecular formula is C23H25N5O3. The van der Waals surface area contributed by atoms with Crippen LogP contribution in [0.15, 0.2) is 42.6 Å². The van der Waals surface area contributed by atoms with Gasteiger partial charge in [-0.2, -0.15) is 0 Å². The molecule has 8 nitrogen and oxygen atoms in total. The first-order chi connectivity index (χ1) is 15.0. The van der Waals surface area contributed by atoms with Crippen molar-refractivity contribution in [1.82, 2.24) is 9.88 Å². The number of phenolic OH excluding ortho intramolecular Hbond substituents is 1. The first-order valence-electron chi connectivity index (χ1n) is 10.1. The highest BCUT2D eigenvalue weighted by Gasteiger charge is 2.23. The lowest BCUT2D eigenvalue weighted by Crippen LogP contribution is -2.28. The molecule has 0 spiro atoms. The Balaban J connectivity index is 1.68. The van der Waals surface area contributed by atoms with Crippen LogP contribution >= 0.6 is 0 Å². The molecular weight excluding hydrogens is 394 g/mol. The Labute approximate surface area is 180 Å². The van der Waals surface area contributed by atoms with Gasteiger partial charge in [0.25, 0.3) is 5.91 Å².